The van der Waals surface area contributed by atoms with Crippen LogP contribution in [0.15, 0.2) is 52.8 Å². The maximum atomic E-state index is 12.6. The third-order valence-electron chi connectivity index (χ3n) is 3.23. The second kappa shape index (κ2) is 7.17. The van der Waals surface area contributed by atoms with Gasteiger partial charge in [0.15, 0.2) is 11.0 Å². The second-order valence-electron chi connectivity index (χ2n) is 6.55. The Morgan fingerprint density at radius 3 is 2.46 bits per heavy atom. The lowest BCUT2D eigenvalue weighted by Gasteiger charge is -2.21. The van der Waals surface area contributed by atoms with Crippen LogP contribution < -0.4 is 5.32 Å². The molecule has 0 aliphatic heterocycles. The van der Waals surface area contributed by atoms with Gasteiger partial charge in [-0.25, -0.2) is 14.8 Å². The molecule has 1 aromatic carbocycles. The summed E-state index contributed by atoms with van der Waals surface area (Å²) in [6, 6.07) is 10.8. The number of halogens is 1. The first kappa shape index (κ1) is 17.9. The van der Waals surface area contributed by atoms with Gasteiger partial charge in [0.25, 0.3) is 0 Å². The van der Waals surface area contributed by atoms with E-state index in [0.717, 1.165) is 0 Å². The van der Waals surface area contributed by atoms with Crippen LogP contribution in [0.5, 0.6) is 0 Å². The van der Waals surface area contributed by atoms with Crippen molar-refractivity contribution in [1.29, 1.82) is 0 Å². The molecule has 0 bridgehead atoms. The van der Waals surface area contributed by atoms with E-state index in [2.05, 4.69) is 15.3 Å². The van der Waals surface area contributed by atoms with E-state index in [1.54, 1.807) is 32.9 Å². The molecule has 0 saturated carbocycles. The molecule has 3 aromatic rings. The van der Waals surface area contributed by atoms with E-state index in [1.807, 2.05) is 24.3 Å². The lowest BCUT2D eigenvalue weighted by molar-refractivity contribution is -0.149. The topological polar surface area (TPSA) is 77.2 Å². The summed E-state index contributed by atoms with van der Waals surface area (Å²) in [4.78, 5) is 21.3. The highest BCUT2D eigenvalue weighted by molar-refractivity contribution is 6.32. The maximum Gasteiger partial charge on any atom is 0.355 e. The predicted octanol–water partition coefficient (Wildman–Crippen LogP) is 4.67. The number of hydrogen-bond acceptors (Lipinski definition) is 6. The zero-order valence-corrected chi connectivity index (χ0v) is 15.4. The number of furan rings is 1. The van der Waals surface area contributed by atoms with Crippen LogP contribution >= 0.6 is 11.6 Å². The number of nitrogens with zero attached hydrogens (tertiary/aromatic N) is 2. The smallest absolute Gasteiger partial charge is 0.355 e. The standard InChI is InChI=1S/C19H18ClN3O3/c1-19(2,3)26-18(24)15(11-12-7-6-10-25-12)23-17-16(20)21-13-8-4-5-9-14(13)22-17/h4-11H,1-3H3,(H,22,23). The SMILES string of the molecule is CC(C)(C)OC(=O)C(=Cc1ccco1)Nc1nc2ccccc2nc1Cl. The van der Waals surface area contributed by atoms with Crippen molar-refractivity contribution in [2.24, 2.45) is 0 Å². The van der Waals surface area contributed by atoms with E-state index < -0.39 is 11.6 Å². The molecule has 0 aliphatic carbocycles. The summed E-state index contributed by atoms with van der Waals surface area (Å²) in [5, 5.41) is 3.07. The summed E-state index contributed by atoms with van der Waals surface area (Å²) < 4.78 is 10.7. The zero-order chi connectivity index (χ0) is 18.7. The van der Waals surface area contributed by atoms with Gasteiger partial charge in [-0.1, -0.05) is 23.7 Å². The minimum Gasteiger partial charge on any atom is -0.465 e. The number of esters is 1. The lowest BCUT2D eigenvalue weighted by Crippen LogP contribution is -2.27. The van der Waals surface area contributed by atoms with Crippen LogP contribution in [0, 0.1) is 0 Å². The highest BCUT2D eigenvalue weighted by Gasteiger charge is 2.22. The molecule has 0 radical (unpaired) electrons. The first-order chi connectivity index (χ1) is 12.3. The summed E-state index contributed by atoms with van der Waals surface area (Å²) >= 11 is 6.23. The largest absolute Gasteiger partial charge is 0.465 e. The van der Waals surface area contributed by atoms with Crippen molar-refractivity contribution in [3.63, 3.8) is 0 Å². The van der Waals surface area contributed by atoms with Crippen molar-refractivity contribution in [1.82, 2.24) is 9.97 Å². The molecule has 0 amide bonds. The Morgan fingerprint density at radius 1 is 1.15 bits per heavy atom. The Bertz CT molecular complexity index is 960. The number of ether oxygens (including phenoxy) is 1. The lowest BCUT2D eigenvalue weighted by atomic mass is 10.2. The number of hydrogen-bond donors (Lipinski definition) is 1. The van der Waals surface area contributed by atoms with Crippen LogP contribution in [0.25, 0.3) is 17.1 Å². The number of nitrogens with one attached hydrogen (secondary N) is 1. The summed E-state index contributed by atoms with van der Waals surface area (Å²) in [6.07, 6.45) is 3.04. The Morgan fingerprint density at radius 2 is 1.85 bits per heavy atom. The van der Waals surface area contributed by atoms with Crippen LogP contribution in [-0.4, -0.2) is 21.5 Å². The normalized spacial score (nSPS) is 12.2. The fraction of sp³-hybridized carbons (Fsp3) is 0.211. The molecule has 0 atom stereocenters. The molecule has 0 aliphatic rings. The number of aromatic nitrogens is 2. The van der Waals surface area contributed by atoms with Crippen molar-refractivity contribution in [3.05, 3.63) is 59.3 Å². The molecule has 2 aromatic heterocycles. The van der Waals surface area contributed by atoms with Crippen molar-refractivity contribution < 1.29 is 13.9 Å². The predicted molar refractivity (Wildman–Crippen MR) is 101 cm³/mol. The maximum absolute atomic E-state index is 12.6. The minimum absolute atomic E-state index is 0.140. The number of carbonyl (C=O) groups is 1. The first-order valence-electron chi connectivity index (χ1n) is 8.00. The first-order valence-corrected chi connectivity index (χ1v) is 8.37. The van der Waals surface area contributed by atoms with E-state index in [9.17, 15) is 4.79 Å². The van der Waals surface area contributed by atoms with Gasteiger partial charge in [0.05, 0.1) is 17.3 Å². The second-order valence-corrected chi connectivity index (χ2v) is 6.91. The molecule has 0 fully saturated rings. The van der Waals surface area contributed by atoms with Gasteiger partial charge < -0.3 is 14.5 Å². The molecule has 1 N–H and O–H groups in total. The van der Waals surface area contributed by atoms with Gasteiger partial charge in [-0.2, -0.15) is 0 Å². The third-order valence-corrected chi connectivity index (χ3v) is 3.49. The summed E-state index contributed by atoms with van der Waals surface area (Å²) in [5.74, 6) is 0.192. The van der Waals surface area contributed by atoms with Crippen molar-refractivity contribution in [2.45, 2.75) is 26.4 Å². The van der Waals surface area contributed by atoms with Crippen LogP contribution in [0.1, 0.15) is 26.5 Å². The van der Waals surface area contributed by atoms with Gasteiger partial charge in [0.1, 0.15) is 17.1 Å². The summed E-state index contributed by atoms with van der Waals surface area (Å²) in [6.45, 7) is 5.37. The quantitative estimate of drug-likeness (QED) is 0.530. The number of anilines is 1. The van der Waals surface area contributed by atoms with Gasteiger partial charge in [-0.15, -0.1) is 0 Å². The van der Waals surface area contributed by atoms with Crippen LogP contribution in [0.2, 0.25) is 5.15 Å². The van der Waals surface area contributed by atoms with Gasteiger partial charge in [0.2, 0.25) is 0 Å². The van der Waals surface area contributed by atoms with Crippen molar-refractivity contribution in [3.8, 4) is 0 Å². The van der Waals surface area contributed by atoms with E-state index in [1.165, 1.54) is 12.3 Å². The Balaban J connectivity index is 1.98. The Hall–Kier alpha value is -2.86. The van der Waals surface area contributed by atoms with E-state index in [-0.39, 0.29) is 16.7 Å². The highest BCUT2D eigenvalue weighted by atomic mass is 35.5. The van der Waals surface area contributed by atoms with Crippen LogP contribution in [0.3, 0.4) is 0 Å². The van der Waals surface area contributed by atoms with Crippen molar-refractivity contribution in [2.75, 3.05) is 5.32 Å². The van der Waals surface area contributed by atoms with Crippen LogP contribution in [0.4, 0.5) is 5.82 Å². The van der Waals surface area contributed by atoms with Gasteiger partial charge >= 0.3 is 5.97 Å². The molecular formula is C19H18ClN3O3. The highest BCUT2D eigenvalue weighted by Crippen LogP contribution is 2.24. The van der Waals surface area contributed by atoms with Crippen molar-refractivity contribution >= 4 is 40.5 Å². The fourth-order valence-corrected chi connectivity index (χ4v) is 2.36. The number of benzene rings is 1. The number of rotatable bonds is 4. The summed E-state index contributed by atoms with van der Waals surface area (Å²) in [5.41, 5.74) is 0.805. The molecule has 6 nitrogen and oxygen atoms in total. The van der Waals surface area contributed by atoms with Gasteiger partial charge in [-0.05, 0) is 45.0 Å². The van der Waals surface area contributed by atoms with E-state index in [4.69, 9.17) is 20.8 Å². The Labute approximate surface area is 155 Å². The van der Waals surface area contributed by atoms with E-state index in [0.29, 0.717) is 16.8 Å². The third kappa shape index (κ3) is 4.40. The summed E-state index contributed by atoms with van der Waals surface area (Å²) in [7, 11) is 0. The molecule has 3 rings (SSSR count). The van der Waals surface area contributed by atoms with Gasteiger partial charge in [0, 0.05) is 6.08 Å². The molecule has 26 heavy (non-hydrogen) atoms. The molecule has 134 valence electrons. The van der Waals surface area contributed by atoms with E-state index >= 15 is 0 Å². The molecule has 0 saturated heterocycles. The molecule has 7 heteroatoms. The molecule has 0 unspecified atom stereocenters. The molecule has 0 spiro atoms. The zero-order valence-electron chi connectivity index (χ0n) is 14.6. The number of para-hydroxylation sites is 2. The molecule has 2 heterocycles. The number of fused-ring (bicyclic) bond motifs is 1. The minimum atomic E-state index is -0.653. The fourth-order valence-electron chi connectivity index (χ4n) is 2.18. The Kier molecular flexibility index (Phi) is 4.95. The monoisotopic (exact) mass is 371 g/mol. The average molecular weight is 372 g/mol. The van der Waals surface area contributed by atoms with Gasteiger partial charge in [-0.3, -0.25) is 0 Å². The number of carbonyl (C=O) groups excluding carboxylic acids is 1. The van der Waals surface area contributed by atoms with Crippen LogP contribution in [-0.2, 0) is 9.53 Å². The molecular weight excluding hydrogens is 354 g/mol. The average Bonchev–Trinajstić information content (AvgIpc) is 3.06.